The molecule has 7 nitrogen and oxygen atoms in total. The van der Waals surface area contributed by atoms with E-state index in [1.165, 1.54) is 12.5 Å². The molecule has 2 heterocycles. The van der Waals surface area contributed by atoms with Gasteiger partial charge in [-0.25, -0.2) is 23.1 Å². The van der Waals surface area contributed by atoms with Gasteiger partial charge in [-0.05, 0) is 6.42 Å². The Morgan fingerprint density at radius 1 is 1.50 bits per heavy atom. The summed E-state index contributed by atoms with van der Waals surface area (Å²) in [6.45, 7) is 2.61. The van der Waals surface area contributed by atoms with E-state index in [2.05, 4.69) is 25.0 Å². The van der Waals surface area contributed by atoms with Crippen molar-refractivity contribution in [1.29, 1.82) is 0 Å². The number of rotatable bonds is 2. The van der Waals surface area contributed by atoms with Gasteiger partial charge in [0.15, 0.2) is 10.7 Å². The second-order valence-corrected chi connectivity index (χ2v) is 4.85. The van der Waals surface area contributed by atoms with Crippen LogP contribution in [-0.2, 0) is 10.0 Å². The van der Waals surface area contributed by atoms with Crippen molar-refractivity contribution in [3.8, 4) is 0 Å². The second-order valence-electron chi connectivity index (χ2n) is 3.20. The largest absolute Gasteiger partial charge is 0.355 e. The van der Waals surface area contributed by atoms with Crippen LogP contribution in [0.15, 0.2) is 22.4 Å². The SMILES string of the molecule is CCCNC1=Nc2ncncc2S(=O)(=O)N1. The van der Waals surface area contributed by atoms with Crippen LogP contribution in [0.25, 0.3) is 0 Å². The van der Waals surface area contributed by atoms with Gasteiger partial charge in [0.1, 0.15) is 6.33 Å². The molecule has 0 fully saturated rings. The molecular formula is C8H11N5O2S. The topological polar surface area (TPSA) is 96.3 Å². The number of nitrogens with zero attached hydrogens (tertiary/aromatic N) is 3. The quantitative estimate of drug-likeness (QED) is 0.744. The third kappa shape index (κ3) is 1.96. The number of fused-ring (bicyclic) bond motifs is 1. The Balaban J connectivity index is 2.40. The van der Waals surface area contributed by atoms with E-state index in [1.54, 1.807) is 0 Å². The Hall–Kier alpha value is -1.70. The van der Waals surface area contributed by atoms with Gasteiger partial charge in [0.05, 0.1) is 6.20 Å². The van der Waals surface area contributed by atoms with Crippen molar-refractivity contribution in [2.24, 2.45) is 4.99 Å². The lowest BCUT2D eigenvalue weighted by Gasteiger charge is -2.17. The van der Waals surface area contributed by atoms with E-state index in [9.17, 15) is 8.42 Å². The summed E-state index contributed by atoms with van der Waals surface area (Å²) in [6.07, 6.45) is 3.36. The average molecular weight is 241 g/mol. The van der Waals surface area contributed by atoms with Gasteiger partial charge in [-0.2, -0.15) is 4.99 Å². The number of hydrogen-bond acceptors (Lipinski definition) is 6. The van der Waals surface area contributed by atoms with Crippen molar-refractivity contribution in [3.63, 3.8) is 0 Å². The number of nitrogens with one attached hydrogen (secondary N) is 2. The fourth-order valence-electron chi connectivity index (χ4n) is 1.21. The van der Waals surface area contributed by atoms with Crippen LogP contribution < -0.4 is 10.0 Å². The lowest BCUT2D eigenvalue weighted by Crippen LogP contribution is -2.43. The van der Waals surface area contributed by atoms with Gasteiger partial charge in [0.2, 0.25) is 5.96 Å². The number of hydrogen-bond donors (Lipinski definition) is 2. The Morgan fingerprint density at radius 2 is 2.31 bits per heavy atom. The maximum Gasteiger partial charge on any atom is 0.269 e. The van der Waals surface area contributed by atoms with Gasteiger partial charge in [-0.15, -0.1) is 0 Å². The molecule has 0 aromatic carbocycles. The molecule has 1 aromatic heterocycles. The van der Waals surface area contributed by atoms with Crippen molar-refractivity contribution in [3.05, 3.63) is 12.5 Å². The van der Waals surface area contributed by atoms with Crippen molar-refractivity contribution in [2.75, 3.05) is 6.54 Å². The summed E-state index contributed by atoms with van der Waals surface area (Å²) in [4.78, 5) is 11.5. The molecule has 0 radical (unpaired) electrons. The lowest BCUT2D eigenvalue weighted by atomic mass is 10.5. The first-order chi connectivity index (χ1) is 7.63. The monoisotopic (exact) mass is 241 g/mol. The molecule has 16 heavy (non-hydrogen) atoms. The van der Waals surface area contributed by atoms with E-state index in [-0.39, 0.29) is 16.7 Å². The standard InChI is InChI=1S/C8H11N5O2S/c1-2-3-10-8-12-7-6(4-9-5-11-7)16(14,15)13-8/h4-5H,2-3H2,1H3,(H2,9,10,11,12,13). The van der Waals surface area contributed by atoms with Crippen LogP contribution in [0.1, 0.15) is 13.3 Å². The first-order valence-electron chi connectivity index (χ1n) is 4.79. The minimum atomic E-state index is -3.59. The molecule has 1 aromatic rings. The molecular weight excluding hydrogens is 230 g/mol. The van der Waals surface area contributed by atoms with Gasteiger partial charge in [-0.1, -0.05) is 6.92 Å². The summed E-state index contributed by atoms with van der Waals surface area (Å²) < 4.78 is 25.8. The van der Waals surface area contributed by atoms with Gasteiger partial charge >= 0.3 is 0 Å². The van der Waals surface area contributed by atoms with Crippen molar-refractivity contribution in [2.45, 2.75) is 18.2 Å². The maximum absolute atomic E-state index is 11.7. The molecule has 2 N–H and O–H groups in total. The minimum absolute atomic E-state index is 0.00273. The molecule has 0 unspecified atom stereocenters. The number of sulfonamides is 1. The summed E-state index contributed by atoms with van der Waals surface area (Å²) in [7, 11) is -3.59. The molecule has 1 aliphatic heterocycles. The van der Waals surface area contributed by atoms with E-state index >= 15 is 0 Å². The summed E-state index contributed by atoms with van der Waals surface area (Å²) in [5.41, 5.74) is 0. The van der Waals surface area contributed by atoms with E-state index < -0.39 is 10.0 Å². The van der Waals surface area contributed by atoms with Crippen molar-refractivity contribution in [1.82, 2.24) is 20.0 Å². The van der Waals surface area contributed by atoms with Crippen molar-refractivity contribution >= 4 is 21.8 Å². The zero-order chi connectivity index (χ0) is 11.6. The normalized spacial score (nSPS) is 16.9. The average Bonchev–Trinajstić information content (AvgIpc) is 2.25. The van der Waals surface area contributed by atoms with Crippen LogP contribution in [0.4, 0.5) is 5.82 Å². The summed E-state index contributed by atoms with van der Waals surface area (Å²) in [6, 6.07) is 0. The third-order valence-corrected chi connectivity index (χ3v) is 3.27. The summed E-state index contributed by atoms with van der Waals surface area (Å²) >= 11 is 0. The molecule has 0 bridgehead atoms. The Bertz CT molecular complexity index is 525. The van der Waals surface area contributed by atoms with E-state index in [0.29, 0.717) is 6.54 Å². The summed E-state index contributed by atoms with van der Waals surface area (Å²) in [5, 5.41) is 2.87. The van der Waals surface area contributed by atoms with Gasteiger partial charge < -0.3 is 5.32 Å². The molecule has 0 saturated heterocycles. The number of guanidine groups is 1. The third-order valence-electron chi connectivity index (χ3n) is 1.94. The zero-order valence-electron chi connectivity index (χ0n) is 8.64. The molecule has 86 valence electrons. The predicted octanol–water partition coefficient (Wildman–Crippen LogP) is -0.244. The van der Waals surface area contributed by atoms with Crippen LogP contribution in [0.2, 0.25) is 0 Å². The molecule has 8 heteroatoms. The van der Waals surface area contributed by atoms with Crippen LogP contribution in [0.5, 0.6) is 0 Å². The molecule has 0 aliphatic carbocycles. The van der Waals surface area contributed by atoms with Crippen molar-refractivity contribution < 1.29 is 8.42 Å². The maximum atomic E-state index is 11.7. The predicted molar refractivity (Wildman–Crippen MR) is 57.7 cm³/mol. The first-order valence-corrected chi connectivity index (χ1v) is 6.27. The van der Waals surface area contributed by atoms with E-state index in [0.717, 1.165) is 6.42 Å². The van der Waals surface area contributed by atoms with Gasteiger partial charge in [0.25, 0.3) is 10.0 Å². The highest BCUT2D eigenvalue weighted by atomic mass is 32.2. The highest BCUT2D eigenvalue weighted by molar-refractivity contribution is 7.90. The van der Waals surface area contributed by atoms with Crippen LogP contribution in [-0.4, -0.2) is 30.9 Å². The fraction of sp³-hybridized carbons (Fsp3) is 0.375. The van der Waals surface area contributed by atoms with Crippen LogP contribution in [0, 0.1) is 0 Å². The van der Waals surface area contributed by atoms with Gasteiger partial charge in [0, 0.05) is 6.54 Å². The van der Waals surface area contributed by atoms with E-state index in [1.807, 2.05) is 6.92 Å². The van der Waals surface area contributed by atoms with E-state index in [4.69, 9.17) is 0 Å². The minimum Gasteiger partial charge on any atom is -0.355 e. The zero-order valence-corrected chi connectivity index (χ0v) is 9.45. The lowest BCUT2D eigenvalue weighted by molar-refractivity contribution is 0.589. The molecule has 0 saturated carbocycles. The van der Waals surface area contributed by atoms with Gasteiger partial charge in [-0.3, -0.25) is 0 Å². The Morgan fingerprint density at radius 3 is 3.06 bits per heavy atom. The highest BCUT2D eigenvalue weighted by Gasteiger charge is 2.26. The smallest absolute Gasteiger partial charge is 0.269 e. The first kappa shape index (κ1) is 10.8. The Kier molecular flexibility index (Phi) is 2.73. The molecule has 0 spiro atoms. The number of aliphatic imine (C=N–C) groups is 1. The Labute approximate surface area is 93.1 Å². The molecule has 0 atom stereocenters. The molecule has 0 amide bonds. The molecule has 2 rings (SSSR count). The fourth-order valence-corrected chi connectivity index (χ4v) is 2.23. The highest BCUT2D eigenvalue weighted by Crippen LogP contribution is 2.22. The number of aromatic nitrogens is 2. The van der Waals surface area contributed by atoms with Crippen LogP contribution in [0.3, 0.4) is 0 Å². The van der Waals surface area contributed by atoms with Crippen LogP contribution >= 0.6 is 0 Å². The second kappa shape index (κ2) is 4.05. The summed E-state index contributed by atoms with van der Waals surface area (Å²) in [5.74, 6) is 0.361. The molecule has 1 aliphatic rings.